The molecule has 0 saturated heterocycles. The van der Waals surface area contributed by atoms with Gasteiger partial charge >= 0.3 is 0 Å². The standard InChI is InChI=1S/C6H7N5O/c7-1-4-3-9-11-6(4)10-5(12)2-8/h3H,2,8H2,(H2,9,10,11,12). The number of anilines is 1. The first kappa shape index (κ1) is 8.23. The van der Waals surface area contributed by atoms with Crippen LogP contribution in [0, 0.1) is 11.3 Å². The minimum absolute atomic E-state index is 0.121. The van der Waals surface area contributed by atoms with Crippen LogP contribution in [0.3, 0.4) is 0 Å². The minimum Gasteiger partial charge on any atom is -0.322 e. The second-order valence-corrected chi connectivity index (χ2v) is 2.02. The van der Waals surface area contributed by atoms with E-state index in [1.165, 1.54) is 6.20 Å². The molecule has 6 heteroatoms. The number of H-pyrrole nitrogens is 1. The summed E-state index contributed by atoms with van der Waals surface area (Å²) in [5, 5.41) is 16.9. The average Bonchev–Trinajstić information content (AvgIpc) is 2.51. The van der Waals surface area contributed by atoms with Gasteiger partial charge in [-0.1, -0.05) is 0 Å². The highest BCUT2D eigenvalue weighted by Gasteiger charge is 2.05. The Labute approximate surface area is 68.4 Å². The van der Waals surface area contributed by atoms with E-state index in [9.17, 15) is 4.79 Å². The monoisotopic (exact) mass is 165 g/mol. The fourth-order valence-electron chi connectivity index (χ4n) is 0.657. The highest BCUT2D eigenvalue weighted by molar-refractivity contribution is 5.92. The van der Waals surface area contributed by atoms with E-state index in [0.717, 1.165) is 0 Å². The zero-order chi connectivity index (χ0) is 8.97. The Bertz CT molecular complexity index is 323. The number of hydrogen-bond acceptors (Lipinski definition) is 4. The van der Waals surface area contributed by atoms with Crippen LogP contribution in [-0.4, -0.2) is 22.6 Å². The van der Waals surface area contributed by atoms with E-state index in [-0.39, 0.29) is 23.8 Å². The summed E-state index contributed by atoms with van der Waals surface area (Å²) >= 11 is 0. The summed E-state index contributed by atoms with van der Waals surface area (Å²) in [4.78, 5) is 10.8. The lowest BCUT2D eigenvalue weighted by molar-refractivity contribution is -0.114. The van der Waals surface area contributed by atoms with Crippen molar-refractivity contribution >= 4 is 11.7 Å². The van der Waals surface area contributed by atoms with Gasteiger partial charge < -0.3 is 11.1 Å². The summed E-state index contributed by atoms with van der Waals surface area (Å²) in [6.07, 6.45) is 1.33. The second kappa shape index (κ2) is 3.50. The normalized spacial score (nSPS) is 9.00. The van der Waals surface area contributed by atoms with Crippen LogP contribution in [0.4, 0.5) is 5.82 Å². The number of nitrogens with two attached hydrogens (primary N) is 1. The van der Waals surface area contributed by atoms with Gasteiger partial charge in [0.1, 0.15) is 17.5 Å². The van der Waals surface area contributed by atoms with Gasteiger partial charge in [0.25, 0.3) is 0 Å². The van der Waals surface area contributed by atoms with Crippen molar-refractivity contribution in [3.63, 3.8) is 0 Å². The maximum absolute atomic E-state index is 10.8. The molecule has 0 bridgehead atoms. The van der Waals surface area contributed by atoms with Crippen LogP contribution >= 0.6 is 0 Å². The highest BCUT2D eigenvalue weighted by Crippen LogP contribution is 2.07. The molecule has 0 atom stereocenters. The maximum Gasteiger partial charge on any atom is 0.239 e. The van der Waals surface area contributed by atoms with E-state index in [4.69, 9.17) is 11.0 Å². The highest BCUT2D eigenvalue weighted by atomic mass is 16.1. The van der Waals surface area contributed by atoms with E-state index >= 15 is 0 Å². The molecule has 12 heavy (non-hydrogen) atoms. The van der Waals surface area contributed by atoms with E-state index in [0.29, 0.717) is 0 Å². The van der Waals surface area contributed by atoms with E-state index in [2.05, 4.69) is 15.5 Å². The lowest BCUT2D eigenvalue weighted by Crippen LogP contribution is -2.22. The fraction of sp³-hybridized carbons (Fsp3) is 0.167. The minimum atomic E-state index is -0.365. The molecule has 6 nitrogen and oxygen atoms in total. The molecular weight excluding hydrogens is 158 g/mol. The summed E-state index contributed by atoms with van der Waals surface area (Å²) in [7, 11) is 0. The van der Waals surface area contributed by atoms with Crippen molar-refractivity contribution < 1.29 is 4.79 Å². The first-order valence-corrected chi connectivity index (χ1v) is 3.21. The van der Waals surface area contributed by atoms with Crippen molar-refractivity contribution in [2.24, 2.45) is 5.73 Å². The van der Waals surface area contributed by atoms with Gasteiger partial charge in [0.05, 0.1) is 12.7 Å². The average molecular weight is 165 g/mol. The van der Waals surface area contributed by atoms with Gasteiger partial charge in [-0.15, -0.1) is 0 Å². The largest absolute Gasteiger partial charge is 0.322 e. The summed E-state index contributed by atoms with van der Waals surface area (Å²) in [5.74, 6) is -0.0799. The second-order valence-electron chi connectivity index (χ2n) is 2.02. The lowest BCUT2D eigenvalue weighted by atomic mass is 10.3. The van der Waals surface area contributed by atoms with Gasteiger partial charge in [-0.2, -0.15) is 10.4 Å². The van der Waals surface area contributed by atoms with Crippen LogP contribution in [0.1, 0.15) is 5.56 Å². The Morgan fingerprint density at radius 1 is 1.92 bits per heavy atom. The molecule has 1 rings (SSSR count). The summed E-state index contributed by atoms with van der Waals surface area (Å²) in [5.41, 5.74) is 5.34. The molecule has 0 saturated carbocycles. The molecular formula is C6H7N5O. The molecule has 4 N–H and O–H groups in total. The van der Waals surface area contributed by atoms with Crippen molar-refractivity contribution in [3.05, 3.63) is 11.8 Å². The number of hydrogen-bond donors (Lipinski definition) is 3. The predicted octanol–water partition coefficient (Wildman–Crippen LogP) is -0.821. The van der Waals surface area contributed by atoms with Crippen molar-refractivity contribution in [2.45, 2.75) is 0 Å². The van der Waals surface area contributed by atoms with E-state index < -0.39 is 0 Å². The maximum atomic E-state index is 10.8. The van der Waals surface area contributed by atoms with Gasteiger partial charge in [0.15, 0.2) is 0 Å². The zero-order valence-electron chi connectivity index (χ0n) is 6.16. The number of carbonyl (C=O) groups excluding carboxylic acids is 1. The SMILES string of the molecule is N#Cc1cn[nH]c1NC(=O)CN. The number of aromatic nitrogens is 2. The number of nitrogens with one attached hydrogen (secondary N) is 2. The molecule has 0 aromatic carbocycles. The Balaban J connectivity index is 2.76. The molecule has 0 aliphatic carbocycles. The number of nitriles is 1. The number of rotatable bonds is 2. The zero-order valence-corrected chi connectivity index (χ0v) is 6.16. The topological polar surface area (TPSA) is 108 Å². The molecule has 0 fully saturated rings. The Hall–Kier alpha value is -1.87. The first-order valence-electron chi connectivity index (χ1n) is 3.21. The molecule has 0 aliphatic heterocycles. The third kappa shape index (κ3) is 1.59. The van der Waals surface area contributed by atoms with E-state index in [1.807, 2.05) is 6.07 Å². The smallest absolute Gasteiger partial charge is 0.239 e. The van der Waals surface area contributed by atoms with Crippen molar-refractivity contribution in [1.29, 1.82) is 5.26 Å². The summed E-state index contributed by atoms with van der Waals surface area (Å²) in [6, 6.07) is 1.86. The number of aromatic amines is 1. The third-order valence-corrected chi connectivity index (χ3v) is 1.21. The van der Waals surface area contributed by atoms with Crippen LogP contribution in [0.25, 0.3) is 0 Å². The summed E-state index contributed by atoms with van der Waals surface area (Å²) in [6.45, 7) is -0.121. The predicted molar refractivity (Wildman–Crippen MR) is 41.0 cm³/mol. The summed E-state index contributed by atoms with van der Waals surface area (Å²) < 4.78 is 0. The van der Waals surface area contributed by atoms with Crippen LogP contribution in [-0.2, 0) is 4.79 Å². The molecule has 0 aliphatic rings. The lowest BCUT2D eigenvalue weighted by Gasteiger charge is -1.98. The quantitative estimate of drug-likeness (QED) is 0.532. The Morgan fingerprint density at radius 3 is 3.25 bits per heavy atom. The van der Waals surface area contributed by atoms with Gasteiger partial charge in [-0.25, -0.2) is 0 Å². The Kier molecular flexibility index (Phi) is 2.40. The third-order valence-electron chi connectivity index (χ3n) is 1.21. The van der Waals surface area contributed by atoms with Crippen LogP contribution in [0.2, 0.25) is 0 Å². The molecule has 0 unspecified atom stereocenters. The molecule has 1 aromatic heterocycles. The van der Waals surface area contributed by atoms with Crippen molar-refractivity contribution in [3.8, 4) is 6.07 Å². The first-order chi connectivity index (χ1) is 5.77. The van der Waals surface area contributed by atoms with E-state index in [1.54, 1.807) is 0 Å². The van der Waals surface area contributed by atoms with Crippen LogP contribution < -0.4 is 11.1 Å². The van der Waals surface area contributed by atoms with Crippen LogP contribution in [0.5, 0.6) is 0 Å². The van der Waals surface area contributed by atoms with Crippen molar-refractivity contribution in [1.82, 2.24) is 10.2 Å². The van der Waals surface area contributed by atoms with Gasteiger partial charge in [-0.3, -0.25) is 9.89 Å². The Morgan fingerprint density at radius 2 is 2.67 bits per heavy atom. The van der Waals surface area contributed by atoms with Crippen molar-refractivity contribution in [2.75, 3.05) is 11.9 Å². The van der Waals surface area contributed by atoms with Gasteiger partial charge in [0.2, 0.25) is 5.91 Å². The van der Waals surface area contributed by atoms with Gasteiger partial charge in [0, 0.05) is 0 Å². The fourth-order valence-corrected chi connectivity index (χ4v) is 0.657. The molecule has 1 heterocycles. The molecule has 1 aromatic rings. The molecule has 62 valence electrons. The number of carbonyl (C=O) groups is 1. The number of nitrogens with zero attached hydrogens (tertiary/aromatic N) is 2. The molecule has 1 amide bonds. The molecule has 0 spiro atoms. The van der Waals surface area contributed by atoms with Gasteiger partial charge in [-0.05, 0) is 0 Å². The van der Waals surface area contributed by atoms with Crippen LogP contribution in [0.15, 0.2) is 6.20 Å². The molecule has 0 radical (unpaired) electrons. The number of amides is 1.